The summed E-state index contributed by atoms with van der Waals surface area (Å²) in [7, 11) is 0. The molecule has 0 saturated carbocycles. The van der Waals surface area contributed by atoms with E-state index in [9.17, 15) is 4.21 Å². The van der Waals surface area contributed by atoms with Crippen LogP contribution in [0.4, 0.5) is 0 Å². The number of rotatable bonds is 3. The van der Waals surface area contributed by atoms with Gasteiger partial charge in [-0.3, -0.25) is 0 Å². The molecule has 8 heavy (non-hydrogen) atoms. The minimum Gasteiger partial charge on any atom is -0.306 e. The lowest BCUT2D eigenvalue weighted by Gasteiger charge is -2.00. The number of hydrogen-bond acceptors (Lipinski definition) is 1. The Bertz CT molecular complexity index is 86.1. The SMILES string of the molecule is CC(CCCl)S(=O)O. The van der Waals surface area contributed by atoms with Crippen LogP contribution in [0.3, 0.4) is 0 Å². The average molecular weight is 157 g/mol. The smallest absolute Gasteiger partial charge is 0.155 e. The Morgan fingerprint density at radius 2 is 2.38 bits per heavy atom. The maximum absolute atomic E-state index is 10.1. The Hall–Kier alpha value is 0.400. The zero-order chi connectivity index (χ0) is 6.57. The third kappa shape index (κ3) is 3.41. The molecule has 0 aromatic rings. The van der Waals surface area contributed by atoms with Crippen LogP contribution in [0.1, 0.15) is 13.3 Å². The van der Waals surface area contributed by atoms with E-state index in [2.05, 4.69) is 0 Å². The highest BCUT2D eigenvalue weighted by atomic mass is 35.5. The molecule has 0 rings (SSSR count). The van der Waals surface area contributed by atoms with E-state index in [-0.39, 0.29) is 5.25 Å². The van der Waals surface area contributed by atoms with E-state index in [1.54, 1.807) is 6.92 Å². The molecule has 0 aliphatic heterocycles. The van der Waals surface area contributed by atoms with Crippen molar-refractivity contribution in [2.24, 2.45) is 0 Å². The van der Waals surface area contributed by atoms with Gasteiger partial charge in [-0.15, -0.1) is 11.6 Å². The molecular formula is C4H9ClO2S. The second-order valence-electron chi connectivity index (χ2n) is 1.56. The minimum absolute atomic E-state index is 0.188. The van der Waals surface area contributed by atoms with Crippen molar-refractivity contribution < 1.29 is 8.76 Å². The van der Waals surface area contributed by atoms with Gasteiger partial charge in [0.25, 0.3) is 0 Å². The molecule has 0 aliphatic carbocycles. The van der Waals surface area contributed by atoms with Crippen molar-refractivity contribution in [2.45, 2.75) is 18.6 Å². The summed E-state index contributed by atoms with van der Waals surface area (Å²) in [6.07, 6.45) is 0.602. The largest absolute Gasteiger partial charge is 0.306 e. The van der Waals surface area contributed by atoms with Crippen molar-refractivity contribution in [1.82, 2.24) is 0 Å². The van der Waals surface area contributed by atoms with Crippen LogP contribution in [-0.2, 0) is 11.1 Å². The zero-order valence-electron chi connectivity index (χ0n) is 4.63. The van der Waals surface area contributed by atoms with Crippen molar-refractivity contribution in [1.29, 1.82) is 0 Å². The first kappa shape index (κ1) is 8.40. The van der Waals surface area contributed by atoms with E-state index < -0.39 is 11.1 Å². The van der Waals surface area contributed by atoms with E-state index in [1.807, 2.05) is 0 Å². The molecule has 0 amide bonds. The fourth-order valence-corrected chi connectivity index (χ4v) is 1.03. The van der Waals surface area contributed by atoms with E-state index in [0.29, 0.717) is 12.3 Å². The first-order valence-corrected chi connectivity index (χ1v) is 4.04. The van der Waals surface area contributed by atoms with Gasteiger partial charge in [-0.25, -0.2) is 4.21 Å². The molecule has 0 heterocycles. The first-order chi connectivity index (χ1) is 3.68. The molecule has 0 spiro atoms. The fourth-order valence-electron chi connectivity index (χ4n) is 0.254. The lowest BCUT2D eigenvalue weighted by atomic mass is 10.4. The van der Waals surface area contributed by atoms with Gasteiger partial charge in [-0.1, -0.05) is 0 Å². The molecule has 0 bridgehead atoms. The van der Waals surface area contributed by atoms with Crippen molar-refractivity contribution in [3.8, 4) is 0 Å². The van der Waals surface area contributed by atoms with Gasteiger partial charge in [0, 0.05) is 5.88 Å². The second-order valence-corrected chi connectivity index (χ2v) is 3.30. The third-order valence-corrected chi connectivity index (χ3v) is 2.00. The molecule has 0 saturated heterocycles. The first-order valence-electron chi connectivity index (χ1n) is 2.34. The van der Waals surface area contributed by atoms with Crippen LogP contribution in [0.15, 0.2) is 0 Å². The predicted octanol–water partition coefficient (Wildman–Crippen LogP) is 1.23. The summed E-state index contributed by atoms with van der Waals surface area (Å²) in [4.78, 5) is 0. The molecule has 0 aromatic carbocycles. The lowest BCUT2D eigenvalue weighted by molar-refractivity contribution is 0.549. The van der Waals surface area contributed by atoms with Crippen molar-refractivity contribution in [2.75, 3.05) is 5.88 Å². The van der Waals surface area contributed by atoms with Crippen LogP contribution < -0.4 is 0 Å². The number of alkyl halides is 1. The lowest BCUT2D eigenvalue weighted by Crippen LogP contribution is -2.09. The van der Waals surface area contributed by atoms with Gasteiger partial charge in [0.2, 0.25) is 0 Å². The standard InChI is InChI=1S/C4H9ClO2S/c1-4(2-3-5)8(6)7/h4H,2-3H2,1H3,(H,6,7). The van der Waals surface area contributed by atoms with Gasteiger partial charge < -0.3 is 4.55 Å². The predicted molar refractivity (Wildman–Crippen MR) is 35.6 cm³/mol. The quantitative estimate of drug-likeness (QED) is 0.493. The molecule has 2 atom stereocenters. The molecule has 4 heteroatoms. The highest BCUT2D eigenvalue weighted by Gasteiger charge is 2.05. The molecule has 0 aliphatic rings. The van der Waals surface area contributed by atoms with E-state index in [4.69, 9.17) is 16.2 Å². The zero-order valence-corrected chi connectivity index (χ0v) is 6.21. The number of hydrogen-bond donors (Lipinski definition) is 1. The van der Waals surface area contributed by atoms with E-state index >= 15 is 0 Å². The fraction of sp³-hybridized carbons (Fsp3) is 1.00. The third-order valence-electron chi connectivity index (χ3n) is 0.860. The summed E-state index contributed by atoms with van der Waals surface area (Å²) in [5, 5.41) is -0.188. The van der Waals surface area contributed by atoms with Gasteiger partial charge in [-0.05, 0) is 13.3 Å². The van der Waals surface area contributed by atoms with Crippen LogP contribution in [0, 0.1) is 0 Å². The maximum Gasteiger partial charge on any atom is 0.155 e. The number of halogens is 1. The van der Waals surface area contributed by atoms with Crippen LogP contribution in [0.25, 0.3) is 0 Å². The molecule has 50 valence electrons. The Morgan fingerprint density at radius 3 is 2.50 bits per heavy atom. The molecule has 2 nitrogen and oxygen atoms in total. The van der Waals surface area contributed by atoms with Gasteiger partial charge in [0.1, 0.15) is 0 Å². The molecule has 1 N–H and O–H groups in total. The molecular weight excluding hydrogens is 148 g/mol. The Morgan fingerprint density at radius 1 is 1.88 bits per heavy atom. The van der Waals surface area contributed by atoms with Gasteiger partial charge in [0.15, 0.2) is 11.1 Å². The monoisotopic (exact) mass is 156 g/mol. The Kier molecular flexibility index (Phi) is 4.51. The topological polar surface area (TPSA) is 37.3 Å². The van der Waals surface area contributed by atoms with Crippen molar-refractivity contribution >= 4 is 22.7 Å². The van der Waals surface area contributed by atoms with E-state index in [0.717, 1.165) is 0 Å². The summed E-state index contributed by atoms with van der Waals surface area (Å²) in [5.74, 6) is 0.452. The molecule has 0 fully saturated rings. The summed E-state index contributed by atoms with van der Waals surface area (Å²) in [6, 6.07) is 0. The van der Waals surface area contributed by atoms with Gasteiger partial charge >= 0.3 is 0 Å². The molecule has 0 radical (unpaired) electrons. The van der Waals surface area contributed by atoms with Crippen LogP contribution >= 0.6 is 11.6 Å². The van der Waals surface area contributed by atoms with Crippen molar-refractivity contribution in [3.05, 3.63) is 0 Å². The van der Waals surface area contributed by atoms with Crippen LogP contribution in [-0.4, -0.2) is 19.9 Å². The summed E-state index contributed by atoms with van der Waals surface area (Å²) in [6.45, 7) is 1.69. The molecule has 2 unspecified atom stereocenters. The Balaban J connectivity index is 3.32. The highest BCUT2D eigenvalue weighted by Crippen LogP contribution is 1.98. The van der Waals surface area contributed by atoms with Crippen LogP contribution in [0.2, 0.25) is 0 Å². The van der Waals surface area contributed by atoms with Gasteiger partial charge in [0.05, 0.1) is 5.25 Å². The minimum atomic E-state index is -1.69. The van der Waals surface area contributed by atoms with Crippen molar-refractivity contribution in [3.63, 3.8) is 0 Å². The summed E-state index contributed by atoms with van der Waals surface area (Å²) >= 11 is 3.60. The average Bonchev–Trinajstić information content (AvgIpc) is 1.67. The van der Waals surface area contributed by atoms with Crippen LogP contribution in [0.5, 0.6) is 0 Å². The summed E-state index contributed by atoms with van der Waals surface area (Å²) < 4.78 is 18.5. The van der Waals surface area contributed by atoms with E-state index in [1.165, 1.54) is 0 Å². The highest BCUT2D eigenvalue weighted by molar-refractivity contribution is 7.79. The molecule has 0 aromatic heterocycles. The maximum atomic E-state index is 10.1. The Labute approximate surface area is 56.5 Å². The normalized spacial score (nSPS) is 17.9. The summed E-state index contributed by atoms with van der Waals surface area (Å²) in [5.41, 5.74) is 0. The van der Waals surface area contributed by atoms with Gasteiger partial charge in [-0.2, -0.15) is 0 Å². The second kappa shape index (κ2) is 4.30.